The maximum atomic E-state index is 12.6. The van der Waals surface area contributed by atoms with E-state index in [0.29, 0.717) is 0 Å². The van der Waals surface area contributed by atoms with E-state index in [9.17, 15) is 18.0 Å². The van der Waals surface area contributed by atoms with E-state index in [1.165, 1.54) is 6.07 Å². The molecule has 0 unspecified atom stereocenters. The fraction of sp³-hybridized carbons (Fsp3) is 0.0769. The number of carbonyl (C=O) groups is 1. The van der Waals surface area contributed by atoms with E-state index in [4.69, 9.17) is 15.6 Å². The molecule has 0 amide bonds. The molecule has 0 aliphatic carbocycles. The number of carboxylic acid groups (broad SMARTS) is 1. The molecule has 2 aromatic rings. The number of nitrogens with two attached hydrogens (primary N) is 1. The van der Waals surface area contributed by atoms with Gasteiger partial charge in [0.25, 0.3) is 0 Å². The van der Waals surface area contributed by atoms with Crippen molar-refractivity contribution in [2.45, 2.75) is 6.18 Å². The van der Waals surface area contributed by atoms with Gasteiger partial charge in [0.1, 0.15) is 11.4 Å². The van der Waals surface area contributed by atoms with Crippen molar-refractivity contribution < 1.29 is 27.8 Å². The highest BCUT2D eigenvalue weighted by atomic mass is 19.4. The topological polar surface area (TPSA) is 85.4 Å². The lowest BCUT2D eigenvalue weighted by molar-refractivity contribution is -0.137. The van der Waals surface area contributed by atoms with Gasteiger partial charge in [-0.15, -0.1) is 0 Å². The van der Waals surface area contributed by atoms with Crippen LogP contribution in [0.2, 0.25) is 0 Å². The second-order valence-corrected chi connectivity index (χ2v) is 4.01. The largest absolute Gasteiger partial charge is 0.478 e. The van der Waals surface area contributed by atoms with Crippen LogP contribution < -0.4 is 10.5 Å². The lowest BCUT2D eigenvalue weighted by atomic mass is 10.2. The number of hydrogen-bond acceptors (Lipinski definition) is 4. The van der Waals surface area contributed by atoms with E-state index < -0.39 is 17.7 Å². The lowest BCUT2D eigenvalue weighted by Gasteiger charge is -2.11. The number of aromatic nitrogens is 1. The summed E-state index contributed by atoms with van der Waals surface area (Å²) in [7, 11) is 0. The van der Waals surface area contributed by atoms with E-state index in [2.05, 4.69) is 4.98 Å². The average Bonchev–Trinajstić information content (AvgIpc) is 2.40. The smallest absolute Gasteiger partial charge is 0.416 e. The van der Waals surface area contributed by atoms with Crippen molar-refractivity contribution in [3.63, 3.8) is 0 Å². The number of anilines is 1. The zero-order valence-electron chi connectivity index (χ0n) is 10.4. The van der Waals surface area contributed by atoms with Gasteiger partial charge in [0, 0.05) is 6.20 Å². The van der Waals surface area contributed by atoms with Gasteiger partial charge < -0.3 is 15.6 Å². The fourth-order valence-electron chi connectivity index (χ4n) is 1.57. The molecule has 0 bridgehead atoms. The van der Waals surface area contributed by atoms with Crippen LogP contribution in [0.4, 0.5) is 18.9 Å². The maximum absolute atomic E-state index is 12.6. The van der Waals surface area contributed by atoms with Crippen LogP contribution in [0.1, 0.15) is 15.9 Å². The summed E-state index contributed by atoms with van der Waals surface area (Å²) < 4.78 is 42.9. The normalized spacial score (nSPS) is 11.2. The molecular weight excluding hydrogens is 289 g/mol. The van der Waals surface area contributed by atoms with Crippen LogP contribution in [0.3, 0.4) is 0 Å². The molecule has 0 aliphatic rings. The minimum Gasteiger partial charge on any atom is -0.478 e. The Morgan fingerprint density at radius 1 is 1.29 bits per heavy atom. The standard InChI is InChI=1S/C13H9F3N2O3/c14-13(15,16)7-2-1-3-8(6-7)21-11-10(17)9(12(19)20)4-5-18-11/h1-6H,17H2,(H,19,20). The van der Waals surface area contributed by atoms with Gasteiger partial charge in [0.15, 0.2) is 0 Å². The van der Waals surface area contributed by atoms with E-state index in [-0.39, 0.29) is 22.9 Å². The first-order chi connectivity index (χ1) is 9.79. The van der Waals surface area contributed by atoms with Crippen LogP contribution >= 0.6 is 0 Å². The molecule has 0 saturated carbocycles. The monoisotopic (exact) mass is 298 g/mol. The van der Waals surface area contributed by atoms with E-state index >= 15 is 0 Å². The number of benzene rings is 1. The summed E-state index contributed by atoms with van der Waals surface area (Å²) in [6, 6.07) is 5.27. The molecule has 110 valence electrons. The van der Waals surface area contributed by atoms with Crippen molar-refractivity contribution in [2.24, 2.45) is 0 Å². The Kier molecular flexibility index (Phi) is 3.70. The molecule has 5 nitrogen and oxygen atoms in total. The molecule has 8 heteroatoms. The lowest BCUT2D eigenvalue weighted by Crippen LogP contribution is -2.06. The highest BCUT2D eigenvalue weighted by Gasteiger charge is 2.30. The number of halogens is 3. The highest BCUT2D eigenvalue weighted by Crippen LogP contribution is 2.33. The van der Waals surface area contributed by atoms with Gasteiger partial charge in [0.05, 0.1) is 11.1 Å². The van der Waals surface area contributed by atoms with E-state index in [1.54, 1.807) is 0 Å². The Hall–Kier alpha value is -2.77. The molecule has 0 atom stereocenters. The number of nitrogen functional groups attached to an aromatic ring is 1. The van der Waals surface area contributed by atoms with E-state index in [1.807, 2.05) is 0 Å². The minimum absolute atomic E-state index is 0.147. The number of nitrogens with zero attached hydrogens (tertiary/aromatic N) is 1. The zero-order chi connectivity index (χ0) is 15.6. The third kappa shape index (κ3) is 3.22. The number of hydrogen-bond donors (Lipinski definition) is 2. The number of pyridine rings is 1. The summed E-state index contributed by atoms with van der Waals surface area (Å²) >= 11 is 0. The Balaban J connectivity index is 2.35. The summed E-state index contributed by atoms with van der Waals surface area (Å²) in [5, 5.41) is 8.89. The number of alkyl halides is 3. The quantitative estimate of drug-likeness (QED) is 0.909. The first-order valence-electron chi connectivity index (χ1n) is 5.62. The molecule has 2 rings (SSSR count). The Labute approximate surface area is 116 Å². The van der Waals surface area contributed by atoms with Crippen molar-refractivity contribution >= 4 is 11.7 Å². The van der Waals surface area contributed by atoms with Gasteiger partial charge >= 0.3 is 12.1 Å². The molecule has 3 N–H and O–H groups in total. The second kappa shape index (κ2) is 5.31. The summed E-state index contributed by atoms with van der Waals surface area (Å²) in [5.74, 6) is -1.70. The third-order valence-electron chi connectivity index (χ3n) is 2.56. The maximum Gasteiger partial charge on any atom is 0.416 e. The molecule has 0 fully saturated rings. The molecule has 0 radical (unpaired) electrons. The highest BCUT2D eigenvalue weighted by molar-refractivity contribution is 5.94. The van der Waals surface area contributed by atoms with Gasteiger partial charge in [-0.25, -0.2) is 9.78 Å². The molecular formula is C13H9F3N2O3. The summed E-state index contributed by atoms with van der Waals surface area (Å²) in [6.07, 6.45) is -3.37. The summed E-state index contributed by atoms with van der Waals surface area (Å²) in [6.45, 7) is 0. The van der Waals surface area contributed by atoms with Crippen LogP contribution in [-0.2, 0) is 6.18 Å². The van der Waals surface area contributed by atoms with E-state index in [0.717, 1.165) is 30.5 Å². The van der Waals surface area contributed by atoms with Crippen LogP contribution in [0, 0.1) is 0 Å². The van der Waals surface area contributed by atoms with Gasteiger partial charge in [0.2, 0.25) is 5.88 Å². The van der Waals surface area contributed by atoms with Gasteiger partial charge in [-0.2, -0.15) is 13.2 Å². The van der Waals surface area contributed by atoms with Crippen LogP contribution in [0.5, 0.6) is 11.6 Å². The summed E-state index contributed by atoms with van der Waals surface area (Å²) in [4.78, 5) is 14.6. The first-order valence-corrected chi connectivity index (χ1v) is 5.62. The summed E-state index contributed by atoms with van der Waals surface area (Å²) in [5.41, 5.74) is 4.16. The first kappa shape index (κ1) is 14.6. The SMILES string of the molecule is Nc1c(C(=O)O)ccnc1Oc1cccc(C(F)(F)F)c1. The molecule has 1 heterocycles. The molecule has 1 aromatic heterocycles. The predicted octanol–water partition coefficient (Wildman–Crippen LogP) is 3.17. The Bertz CT molecular complexity index is 687. The van der Waals surface area contributed by atoms with Gasteiger partial charge in [-0.05, 0) is 24.3 Å². The zero-order valence-corrected chi connectivity index (χ0v) is 10.4. The fourth-order valence-corrected chi connectivity index (χ4v) is 1.57. The van der Waals surface area contributed by atoms with Crippen molar-refractivity contribution in [3.05, 3.63) is 47.7 Å². The van der Waals surface area contributed by atoms with Crippen molar-refractivity contribution in [3.8, 4) is 11.6 Å². The second-order valence-electron chi connectivity index (χ2n) is 4.01. The molecule has 0 saturated heterocycles. The molecule has 0 spiro atoms. The Morgan fingerprint density at radius 2 is 2.00 bits per heavy atom. The number of rotatable bonds is 3. The predicted molar refractivity (Wildman–Crippen MR) is 67.1 cm³/mol. The van der Waals surface area contributed by atoms with Gasteiger partial charge in [-0.3, -0.25) is 0 Å². The molecule has 1 aromatic carbocycles. The third-order valence-corrected chi connectivity index (χ3v) is 2.56. The van der Waals surface area contributed by atoms with Crippen molar-refractivity contribution in [2.75, 3.05) is 5.73 Å². The van der Waals surface area contributed by atoms with Crippen LogP contribution in [-0.4, -0.2) is 16.1 Å². The number of aromatic carboxylic acids is 1. The molecule has 21 heavy (non-hydrogen) atoms. The number of ether oxygens (including phenoxy) is 1. The average molecular weight is 298 g/mol. The van der Waals surface area contributed by atoms with Gasteiger partial charge in [-0.1, -0.05) is 6.07 Å². The molecule has 0 aliphatic heterocycles. The van der Waals surface area contributed by atoms with Crippen molar-refractivity contribution in [1.29, 1.82) is 0 Å². The minimum atomic E-state index is -4.51. The van der Waals surface area contributed by atoms with Crippen LogP contribution in [0.25, 0.3) is 0 Å². The Morgan fingerprint density at radius 3 is 2.62 bits per heavy atom. The number of carboxylic acids is 1. The van der Waals surface area contributed by atoms with Crippen molar-refractivity contribution in [1.82, 2.24) is 4.98 Å². The van der Waals surface area contributed by atoms with Crippen LogP contribution in [0.15, 0.2) is 36.5 Å².